The summed E-state index contributed by atoms with van der Waals surface area (Å²) in [5, 5.41) is 12.1. The molecule has 0 radical (unpaired) electrons. The molecule has 41 heavy (non-hydrogen) atoms. The number of carbonyl (C=O) groups is 1. The Hall–Kier alpha value is -3.76. The first kappa shape index (κ1) is 30.2. The summed E-state index contributed by atoms with van der Waals surface area (Å²) in [4.78, 5) is 12.4. The second-order valence-electron chi connectivity index (χ2n) is 9.25. The summed E-state index contributed by atoms with van der Waals surface area (Å²) in [6.45, 7) is 0. The number of alkyl halides is 5. The molecule has 0 amide bonds. The van der Waals surface area contributed by atoms with Crippen LogP contribution in [0.2, 0.25) is 0 Å². The van der Waals surface area contributed by atoms with Gasteiger partial charge in [-0.2, -0.15) is 22.0 Å². The molecule has 4 rings (SSSR count). The number of hydrogen-bond donors (Lipinski definition) is 2. The zero-order valence-electron chi connectivity index (χ0n) is 21.4. The van der Waals surface area contributed by atoms with Crippen molar-refractivity contribution in [2.45, 2.75) is 28.9 Å². The number of benzene rings is 4. The average Bonchev–Trinajstić information content (AvgIpc) is 2.96. The van der Waals surface area contributed by atoms with Crippen LogP contribution in [0, 0.1) is 5.82 Å². The highest BCUT2D eigenvalue weighted by atomic mass is 32.2. The van der Waals surface area contributed by atoms with Crippen LogP contribution < -0.4 is 5.32 Å². The van der Waals surface area contributed by atoms with Gasteiger partial charge in [0.25, 0.3) is 0 Å². The van der Waals surface area contributed by atoms with Crippen LogP contribution in [-0.4, -0.2) is 35.0 Å². The summed E-state index contributed by atoms with van der Waals surface area (Å²) < 4.78 is 82.6. The molecule has 0 saturated carbocycles. The van der Waals surface area contributed by atoms with Crippen LogP contribution in [0.25, 0.3) is 0 Å². The molecule has 0 spiro atoms. The lowest BCUT2D eigenvalue weighted by Crippen LogP contribution is -2.53. The van der Waals surface area contributed by atoms with Crippen LogP contribution in [0.1, 0.15) is 28.3 Å². The third-order valence-corrected chi connectivity index (χ3v) is 8.26. The van der Waals surface area contributed by atoms with Crippen molar-refractivity contribution in [1.82, 2.24) is 5.32 Å². The smallest absolute Gasteiger partial charge is 0.455 e. The third kappa shape index (κ3) is 6.44. The van der Waals surface area contributed by atoms with Crippen molar-refractivity contribution >= 4 is 17.7 Å². The van der Waals surface area contributed by atoms with Crippen molar-refractivity contribution in [2.75, 3.05) is 5.75 Å². The Morgan fingerprint density at radius 3 is 1.49 bits per heavy atom. The van der Waals surface area contributed by atoms with Gasteiger partial charge in [0.15, 0.2) is 0 Å². The fourth-order valence-corrected chi connectivity index (χ4v) is 6.16. The Morgan fingerprint density at radius 1 is 0.707 bits per heavy atom. The van der Waals surface area contributed by atoms with Gasteiger partial charge >= 0.3 is 18.1 Å². The quantitative estimate of drug-likeness (QED) is 0.138. The monoisotopic (exact) mass is 589 g/mol. The van der Waals surface area contributed by atoms with Gasteiger partial charge < -0.3 is 5.11 Å². The predicted octanol–water partition coefficient (Wildman–Crippen LogP) is 7.83. The van der Waals surface area contributed by atoms with Gasteiger partial charge in [0.1, 0.15) is 17.9 Å². The standard InChI is InChI=1S/C31H25F6NO2S/c32-25-18-16-21(17-19-25)27(30(33,34)31(35,36)37)38-26(28(39)40)20-41-29(22-10-4-1-5-11-22,23-12-6-2-7-13-23)24-14-8-3-9-15-24/h1-19,26-27,38H,20H2,(H,39,40)/t26-,27-/m0/s1. The van der Waals surface area contributed by atoms with E-state index in [-0.39, 0.29) is 0 Å². The van der Waals surface area contributed by atoms with E-state index in [1.165, 1.54) is 0 Å². The molecule has 2 atom stereocenters. The number of carboxylic acid groups (broad SMARTS) is 1. The number of nitrogens with one attached hydrogen (secondary N) is 1. The van der Waals surface area contributed by atoms with Gasteiger partial charge in [-0.1, -0.05) is 103 Å². The minimum atomic E-state index is -6.00. The molecule has 0 aliphatic rings. The maximum Gasteiger partial charge on any atom is 0.455 e. The molecule has 0 aromatic heterocycles. The lowest BCUT2D eigenvalue weighted by molar-refractivity contribution is -0.294. The molecule has 0 saturated heterocycles. The Labute approximate surface area is 237 Å². The molecule has 0 aliphatic carbocycles. The Morgan fingerprint density at radius 2 is 1.12 bits per heavy atom. The first-order valence-electron chi connectivity index (χ1n) is 12.5. The number of halogens is 6. The van der Waals surface area contributed by atoms with Crippen molar-refractivity contribution in [3.05, 3.63) is 143 Å². The largest absolute Gasteiger partial charge is 0.480 e. The molecule has 0 fully saturated rings. The molecule has 0 heterocycles. The summed E-state index contributed by atoms with van der Waals surface area (Å²) in [6.07, 6.45) is -6.00. The lowest BCUT2D eigenvalue weighted by atomic mass is 9.84. The van der Waals surface area contributed by atoms with E-state index < -0.39 is 52.0 Å². The van der Waals surface area contributed by atoms with Crippen molar-refractivity contribution < 1.29 is 36.2 Å². The SMILES string of the molecule is O=C(O)[C@H](CSC(c1ccccc1)(c1ccccc1)c1ccccc1)N[C@@H](c1ccc(F)cc1)C(F)(F)C(F)(F)F. The minimum Gasteiger partial charge on any atom is -0.480 e. The highest BCUT2D eigenvalue weighted by molar-refractivity contribution is 8.00. The molecule has 214 valence electrons. The summed E-state index contributed by atoms with van der Waals surface area (Å²) in [6, 6.07) is 25.7. The number of aliphatic carboxylic acids is 1. The number of thioether (sulfide) groups is 1. The Bertz CT molecular complexity index is 1320. The van der Waals surface area contributed by atoms with E-state index in [0.717, 1.165) is 52.7 Å². The summed E-state index contributed by atoms with van der Waals surface area (Å²) in [5.41, 5.74) is 1.65. The lowest BCUT2D eigenvalue weighted by Gasteiger charge is -2.37. The molecular weight excluding hydrogens is 564 g/mol. The second kappa shape index (κ2) is 12.4. The van der Waals surface area contributed by atoms with Gasteiger partial charge in [0.05, 0.1) is 4.75 Å². The summed E-state index contributed by atoms with van der Waals surface area (Å²) in [7, 11) is 0. The molecule has 4 aromatic rings. The molecule has 2 N–H and O–H groups in total. The normalized spacial score (nSPS) is 13.9. The predicted molar refractivity (Wildman–Crippen MR) is 146 cm³/mol. The van der Waals surface area contributed by atoms with Crippen molar-refractivity contribution in [3.63, 3.8) is 0 Å². The van der Waals surface area contributed by atoms with Crippen LogP contribution in [-0.2, 0) is 9.54 Å². The van der Waals surface area contributed by atoms with Crippen LogP contribution in [0.5, 0.6) is 0 Å². The molecular formula is C31H25F6NO2S. The molecule has 0 unspecified atom stereocenters. The van der Waals surface area contributed by atoms with Crippen LogP contribution in [0.4, 0.5) is 26.3 Å². The first-order valence-corrected chi connectivity index (χ1v) is 13.4. The van der Waals surface area contributed by atoms with Crippen LogP contribution >= 0.6 is 11.8 Å². The van der Waals surface area contributed by atoms with Gasteiger partial charge in [-0.3, -0.25) is 10.1 Å². The second-order valence-corrected chi connectivity index (χ2v) is 10.5. The van der Waals surface area contributed by atoms with E-state index in [2.05, 4.69) is 5.32 Å². The third-order valence-electron chi connectivity index (χ3n) is 6.62. The van der Waals surface area contributed by atoms with E-state index in [1.54, 1.807) is 36.4 Å². The zero-order chi connectivity index (χ0) is 29.7. The van der Waals surface area contributed by atoms with E-state index in [9.17, 15) is 36.2 Å². The van der Waals surface area contributed by atoms with Gasteiger partial charge in [0.2, 0.25) is 0 Å². The zero-order valence-corrected chi connectivity index (χ0v) is 22.2. The average molecular weight is 590 g/mol. The van der Waals surface area contributed by atoms with E-state index in [0.29, 0.717) is 0 Å². The van der Waals surface area contributed by atoms with E-state index >= 15 is 0 Å². The molecule has 0 bridgehead atoms. The van der Waals surface area contributed by atoms with Gasteiger partial charge in [-0.05, 0) is 34.4 Å². The van der Waals surface area contributed by atoms with Crippen molar-refractivity contribution in [1.29, 1.82) is 0 Å². The van der Waals surface area contributed by atoms with Crippen LogP contribution in [0.3, 0.4) is 0 Å². The Kier molecular flexibility index (Phi) is 9.14. The van der Waals surface area contributed by atoms with Gasteiger partial charge in [0, 0.05) is 5.75 Å². The van der Waals surface area contributed by atoms with Crippen molar-refractivity contribution in [2.24, 2.45) is 0 Å². The number of hydrogen-bond acceptors (Lipinski definition) is 3. The minimum absolute atomic E-state index is 0.403. The van der Waals surface area contributed by atoms with Gasteiger partial charge in [-0.25, -0.2) is 4.39 Å². The number of carboxylic acids is 1. The topological polar surface area (TPSA) is 49.3 Å². The highest BCUT2D eigenvalue weighted by Crippen LogP contribution is 2.49. The molecule has 4 aromatic carbocycles. The molecule has 10 heteroatoms. The van der Waals surface area contributed by atoms with E-state index in [4.69, 9.17) is 0 Å². The maximum absolute atomic E-state index is 14.8. The fraction of sp³-hybridized carbons (Fsp3) is 0.194. The highest BCUT2D eigenvalue weighted by Gasteiger charge is 2.63. The van der Waals surface area contributed by atoms with E-state index in [1.807, 2.05) is 54.6 Å². The summed E-state index contributed by atoms with van der Waals surface area (Å²) >= 11 is 1.09. The molecule has 3 nitrogen and oxygen atoms in total. The number of rotatable bonds is 11. The summed E-state index contributed by atoms with van der Waals surface area (Å²) in [5.74, 6) is -8.23. The maximum atomic E-state index is 14.8. The first-order chi connectivity index (χ1) is 19.5. The van der Waals surface area contributed by atoms with Crippen LogP contribution in [0.15, 0.2) is 115 Å². The molecule has 0 aliphatic heterocycles. The van der Waals surface area contributed by atoms with Crippen molar-refractivity contribution in [3.8, 4) is 0 Å². The Balaban J connectivity index is 1.79. The van der Waals surface area contributed by atoms with Gasteiger partial charge in [-0.15, -0.1) is 11.8 Å². The fourth-order valence-electron chi connectivity index (χ4n) is 4.60.